The summed E-state index contributed by atoms with van der Waals surface area (Å²) in [5.41, 5.74) is 7.73. The van der Waals surface area contributed by atoms with Crippen molar-refractivity contribution in [1.29, 1.82) is 0 Å². The van der Waals surface area contributed by atoms with E-state index in [1.807, 2.05) is 12.1 Å². The lowest BCUT2D eigenvalue weighted by molar-refractivity contribution is 0.183. The van der Waals surface area contributed by atoms with E-state index in [-0.39, 0.29) is 0 Å². The minimum absolute atomic E-state index is 0.313. The van der Waals surface area contributed by atoms with Crippen LogP contribution in [0.25, 0.3) is 0 Å². The van der Waals surface area contributed by atoms with E-state index in [1.165, 1.54) is 5.56 Å². The Morgan fingerprint density at radius 2 is 2.36 bits per heavy atom. The third-order valence-electron chi connectivity index (χ3n) is 2.50. The normalized spacial score (nSPS) is 16.1. The Balaban J connectivity index is 2.12. The van der Waals surface area contributed by atoms with Gasteiger partial charge in [-0.05, 0) is 23.6 Å². The van der Waals surface area contributed by atoms with Crippen LogP contribution >= 0.6 is 0 Å². The molecule has 1 aliphatic heterocycles. The summed E-state index contributed by atoms with van der Waals surface area (Å²) in [6.07, 6.45) is 1.17. The van der Waals surface area contributed by atoms with Gasteiger partial charge in [0.05, 0.1) is 12.7 Å². The molecule has 3 nitrogen and oxygen atoms in total. The summed E-state index contributed by atoms with van der Waals surface area (Å²) >= 11 is 0. The third-order valence-corrected chi connectivity index (χ3v) is 2.50. The number of benzene rings is 1. The fraction of sp³-hybridized carbons (Fsp3) is 0.455. The first-order valence-electron chi connectivity index (χ1n) is 4.92. The molecular weight excluding hydrogens is 178 g/mol. The summed E-state index contributed by atoms with van der Waals surface area (Å²) in [6.45, 7) is 1.09. The van der Waals surface area contributed by atoms with Crippen molar-refractivity contribution in [2.24, 2.45) is 5.73 Å². The first-order valence-corrected chi connectivity index (χ1v) is 4.92. The van der Waals surface area contributed by atoms with E-state index in [1.54, 1.807) is 0 Å². The predicted octanol–water partition coefficient (Wildman–Crippen LogP) is 0.484. The number of aliphatic hydroxyl groups excluding tert-OH is 1. The SMILES string of the molecule is NCC(O)Cc1ccc2c(c1)CCO2. The highest BCUT2D eigenvalue weighted by atomic mass is 16.5. The molecule has 0 bridgehead atoms. The van der Waals surface area contributed by atoms with Crippen molar-refractivity contribution in [3.05, 3.63) is 29.3 Å². The van der Waals surface area contributed by atoms with Crippen LogP contribution in [0.2, 0.25) is 0 Å². The van der Waals surface area contributed by atoms with Crippen molar-refractivity contribution in [3.8, 4) is 5.75 Å². The van der Waals surface area contributed by atoms with Crippen LogP contribution in [-0.2, 0) is 12.8 Å². The molecular formula is C11H15NO2. The van der Waals surface area contributed by atoms with E-state index in [9.17, 15) is 5.11 Å². The Labute approximate surface area is 83.5 Å². The maximum Gasteiger partial charge on any atom is 0.122 e. The first-order chi connectivity index (χ1) is 6.79. The topological polar surface area (TPSA) is 55.5 Å². The van der Waals surface area contributed by atoms with Crippen molar-refractivity contribution < 1.29 is 9.84 Å². The zero-order valence-electron chi connectivity index (χ0n) is 8.07. The molecule has 0 aromatic heterocycles. The number of ether oxygens (including phenoxy) is 1. The minimum Gasteiger partial charge on any atom is -0.493 e. The molecule has 1 aromatic rings. The van der Waals surface area contributed by atoms with Gasteiger partial charge in [-0.25, -0.2) is 0 Å². The summed E-state index contributed by atoms with van der Waals surface area (Å²) in [6, 6.07) is 6.06. The zero-order chi connectivity index (χ0) is 9.97. The highest BCUT2D eigenvalue weighted by molar-refractivity contribution is 5.39. The van der Waals surface area contributed by atoms with Gasteiger partial charge in [-0.3, -0.25) is 0 Å². The smallest absolute Gasteiger partial charge is 0.122 e. The monoisotopic (exact) mass is 193 g/mol. The van der Waals surface area contributed by atoms with Gasteiger partial charge in [0.15, 0.2) is 0 Å². The van der Waals surface area contributed by atoms with Gasteiger partial charge in [0.1, 0.15) is 5.75 Å². The van der Waals surface area contributed by atoms with Gasteiger partial charge >= 0.3 is 0 Å². The molecule has 0 spiro atoms. The molecule has 0 radical (unpaired) electrons. The van der Waals surface area contributed by atoms with Crippen molar-refractivity contribution in [2.75, 3.05) is 13.2 Å². The fourth-order valence-electron chi connectivity index (χ4n) is 1.72. The number of hydrogen-bond donors (Lipinski definition) is 2. The lowest BCUT2D eigenvalue weighted by Crippen LogP contribution is -2.21. The van der Waals surface area contributed by atoms with Crippen LogP contribution in [-0.4, -0.2) is 24.4 Å². The minimum atomic E-state index is -0.435. The summed E-state index contributed by atoms with van der Waals surface area (Å²) in [4.78, 5) is 0. The molecule has 3 N–H and O–H groups in total. The molecule has 1 aromatic carbocycles. The van der Waals surface area contributed by atoms with Crippen LogP contribution in [0.15, 0.2) is 18.2 Å². The van der Waals surface area contributed by atoms with E-state index in [0.29, 0.717) is 13.0 Å². The first kappa shape index (κ1) is 9.49. The molecule has 0 fully saturated rings. The molecule has 14 heavy (non-hydrogen) atoms. The molecule has 0 aliphatic carbocycles. The van der Waals surface area contributed by atoms with Gasteiger partial charge in [0.25, 0.3) is 0 Å². The largest absolute Gasteiger partial charge is 0.493 e. The summed E-state index contributed by atoms with van der Waals surface area (Å²) in [5, 5.41) is 9.40. The van der Waals surface area contributed by atoms with Crippen molar-refractivity contribution in [1.82, 2.24) is 0 Å². The van der Waals surface area contributed by atoms with E-state index in [4.69, 9.17) is 10.5 Å². The zero-order valence-corrected chi connectivity index (χ0v) is 8.07. The number of aliphatic hydroxyl groups is 1. The number of hydrogen-bond acceptors (Lipinski definition) is 3. The Morgan fingerprint density at radius 3 is 3.14 bits per heavy atom. The molecule has 2 rings (SSSR count). The van der Waals surface area contributed by atoms with Gasteiger partial charge in [-0.15, -0.1) is 0 Å². The van der Waals surface area contributed by atoms with Crippen molar-refractivity contribution >= 4 is 0 Å². The molecule has 3 heteroatoms. The maximum atomic E-state index is 9.40. The molecule has 1 heterocycles. The van der Waals surface area contributed by atoms with Gasteiger partial charge in [-0.1, -0.05) is 12.1 Å². The number of rotatable bonds is 3. The van der Waals surface area contributed by atoms with Gasteiger partial charge in [-0.2, -0.15) is 0 Å². The van der Waals surface area contributed by atoms with Crippen LogP contribution in [0.4, 0.5) is 0 Å². The second-order valence-corrected chi connectivity index (χ2v) is 3.63. The standard InChI is InChI=1S/C11H15NO2/c12-7-10(13)6-8-1-2-11-9(5-8)3-4-14-11/h1-2,5,10,13H,3-4,6-7,12H2. The average Bonchev–Trinajstić information content (AvgIpc) is 2.64. The second-order valence-electron chi connectivity index (χ2n) is 3.63. The molecule has 76 valence electrons. The van der Waals surface area contributed by atoms with Gasteiger partial charge in [0, 0.05) is 13.0 Å². The predicted molar refractivity (Wildman–Crippen MR) is 54.4 cm³/mol. The lowest BCUT2D eigenvalue weighted by Gasteiger charge is -2.08. The van der Waals surface area contributed by atoms with Crippen LogP contribution in [0.1, 0.15) is 11.1 Å². The van der Waals surface area contributed by atoms with Crippen LogP contribution < -0.4 is 10.5 Å². The quantitative estimate of drug-likeness (QED) is 0.734. The van der Waals surface area contributed by atoms with Crippen LogP contribution in [0, 0.1) is 0 Å². The second kappa shape index (κ2) is 3.98. The molecule has 0 saturated heterocycles. The van der Waals surface area contributed by atoms with E-state index in [2.05, 4.69) is 6.07 Å². The molecule has 0 saturated carbocycles. The van der Waals surface area contributed by atoms with Crippen LogP contribution in [0.5, 0.6) is 5.75 Å². The van der Waals surface area contributed by atoms with E-state index in [0.717, 1.165) is 24.3 Å². The molecule has 0 amide bonds. The summed E-state index contributed by atoms with van der Waals surface area (Å²) in [7, 11) is 0. The Kier molecular flexibility index (Phi) is 2.70. The highest BCUT2D eigenvalue weighted by Crippen LogP contribution is 2.26. The van der Waals surface area contributed by atoms with Crippen LogP contribution in [0.3, 0.4) is 0 Å². The fourth-order valence-corrected chi connectivity index (χ4v) is 1.72. The maximum absolute atomic E-state index is 9.40. The van der Waals surface area contributed by atoms with Crippen molar-refractivity contribution in [2.45, 2.75) is 18.9 Å². The van der Waals surface area contributed by atoms with E-state index >= 15 is 0 Å². The lowest BCUT2D eigenvalue weighted by atomic mass is 10.0. The Hall–Kier alpha value is -1.06. The third kappa shape index (κ3) is 1.89. The summed E-state index contributed by atoms with van der Waals surface area (Å²) < 4.78 is 5.40. The number of nitrogens with two attached hydrogens (primary N) is 1. The van der Waals surface area contributed by atoms with Gasteiger partial charge in [0.2, 0.25) is 0 Å². The molecule has 1 unspecified atom stereocenters. The van der Waals surface area contributed by atoms with Gasteiger partial charge < -0.3 is 15.6 Å². The number of fused-ring (bicyclic) bond motifs is 1. The average molecular weight is 193 g/mol. The van der Waals surface area contributed by atoms with Crippen molar-refractivity contribution in [3.63, 3.8) is 0 Å². The molecule has 1 aliphatic rings. The Bertz CT molecular complexity index is 325. The summed E-state index contributed by atoms with van der Waals surface area (Å²) in [5.74, 6) is 0.982. The Morgan fingerprint density at radius 1 is 1.50 bits per heavy atom. The van der Waals surface area contributed by atoms with E-state index < -0.39 is 6.10 Å². The highest BCUT2D eigenvalue weighted by Gasteiger charge is 2.12. The molecule has 1 atom stereocenters.